The molecular weight excluding hydrogens is 312 g/mol. The molecule has 0 saturated heterocycles. The Balaban J connectivity index is 2.70. The highest BCUT2D eigenvalue weighted by Gasteiger charge is 2.41. The molecule has 0 spiro atoms. The number of hydrogen-bond donors (Lipinski definition) is 1. The maximum absolute atomic E-state index is 12.4. The molecule has 1 N–H and O–H groups in total. The Morgan fingerprint density at radius 3 is 2.38 bits per heavy atom. The summed E-state index contributed by atoms with van der Waals surface area (Å²) in [4.78, 5) is 38.1. The van der Waals surface area contributed by atoms with Gasteiger partial charge in [0.05, 0.1) is 25.8 Å². The predicted octanol–water partition coefficient (Wildman–Crippen LogP) is 1.54. The molecule has 24 heavy (non-hydrogen) atoms. The fraction of sp³-hybridized carbons (Fsp3) is 0.235. The minimum absolute atomic E-state index is 0.0111. The van der Waals surface area contributed by atoms with Gasteiger partial charge in [0.2, 0.25) is 0 Å². The molecule has 1 heterocycles. The van der Waals surface area contributed by atoms with Crippen LogP contribution in [0.15, 0.2) is 54.3 Å². The van der Waals surface area contributed by atoms with Gasteiger partial charge in [-0.1, -0.05) is 36.4 Å². The molecule has 1 aromatic rings. The molecule has 1 aliphatic heterocycles. The zero-order chi connectivity index (χ0) is 17.7. The average Bonchev–Trinajstić information content (AvgIpc) is 2.62. The summed E-state index contributed by atoms with van der Waals surface area (Å²) in [7, 11) is 2.39. The van der Waals surface area contributed by atoms with E-state index in [0.717, 1.165) is 4.90 Å². The first-order valence-electron chi connectivity index (χ1n) is 7.19. The van der Waals surface area contributed by atoms with Crippen molar-refractivity contribution in [2.45, 2.75) is 6.04 Å². The Labute approximate surface area is 139 Å². The van der Waals surface area contributed by atoms with E-state index in [0.29, 0.717) is 5.56 Å². The normalized spacial score (nSPS) is 17.2. The van der Waals surface area contributed by atoms with Crippen molar-refractivity contribution in [2.75, 3.05) is 20.8 Å². The van der Waals surface area contributed by atoms with Crippen molar-refractivity contribution in [1.29, 1.82) is 0 Å². The first-order chi connectivity index (χ1) is 11.5. The van der Waals surface area contributed by atoms with Crippen molar-refractivity contribution >= 4 is 18.0 Å². The first kappa shape index (κ1) is 17.3. The number of amides is 2. The SMILES string of the molecule is C=CCN1C(=O)NC(c2ccccc2)C(C(=O)OC)=C1C(=O)OC. The quantitative estimate of drug-likeness (QED) is 0.654. The number of nitrogens with zero attached hydrogens (tertiary/aromatic N) is 1. The number of esters is 2. The minimum Gasteiger partial charge on any atom is -0.466 e. The highest BCUT2D eigenvalue weighted by Crippen LogP contribution is 2.31. The molecule has 1 aliphatic rings. The van der Waals surface area contributed by atoms with Crippen LogP contribution in [0.25, 0.3) is 0 Å². The van der Waals surface area contributed by atoms with Gasteiger partial charge >= 0.3 is 18.0 Å². The van der Waals surface area contributed by atoms with Gasteiger partial charge in [0.1, 0.15) is 5.70 Å². The van der Waals surface area contributed by atoms with Crippen LogP contribution >= 0.6 is 0 Å². The van der Waals surface area contributed by atoms with Crippen LogP contribution in [-0.4, -0.2) is 43.6 Å². The second kappa shape index (κ2) is 7.45. The van der Waals surface area contributed by atoms with Gasteiger partial charge in [0.25, 0.3) is 0 Å². The molecule has 1 unspecified atom stereocenters. The van der Waals surface area contributed by atoms with Gasteiger partial charge < -0.3 is 14.8 Å². The van der Waals surface area contributed by atoms with Gasteiger partial charge in [-0.15, -0.1) is 6.58 Å². The third kappa shape index (κ3) is 3.15. The number of ether oxygens (including phenoxy) is 2. The highest BCUT2D eigenvalue weighted by molar-refractivity contribution is 6.05. The summed E-state index contributed by atoms with van der Waals surface area (Å²) in [6, 6.07) is 7.48. The van der Waals surface area contributed by atoms with E-state index in [1.807, 2.05) is 0 Å². The largest absolute Gasteiger partial charge is 0.466 e. The molecule has 7 heteroatoms. The molecule has 1 aromatic carbocycles. The van der Waals surface area contributed by atoms with Crippen LogP contribution in [0, 0.1) is 0 Å². The summed E-state index contributed by atoms with van der Waals surface area (Å²) in [6.45, 7) is 3.60. The molecule has 0 bridgehead atoms. The summed E-state index contributed by atoms with van der Waals surface area (Å²) in [5.41, 5.74) is 0.504. The maximum Gasteiger partial charge on any atom is 0.355 e. The van der Waals surface area contributed by atoms with Gasteiger partial charge in [0.15, 0.2) is 0 Å². The fourth-order valence-electron chi connectivity index (χ4n) is 2.50. The fourth-order valence-corrected chi connectivity index (χ4v) is 2.50. The molecule has 0 fully saturated rings. The van der Waals surface area contributed by atoms with Crippen LogP contribution < -0.4 is 5.32 Å². The van der Waals surface area contributed by atoms with E-state index in [1.165, 1.54) is 20.3 Å². The smallest absolute Gasteiger partial charge is 0.355 e. The van der Waals surface area contributed by atoms with Gasteiger partial charge in [-0.25, -0.2) is 14.4 Å². The Kier molecular flexibility index (Phi) is 5.36. The van der Waals surface area contributed by atoms with Crippen LogP contribution in [0.2, 0.25) is 0 Å². The van der Waals surface area contributed by atoms with E-state index < -0.39 is 24.0 Å². The lowest BCUT2D eigenvalue weighted by Gasteiger charge is -2.34. The van der Waals surface area contributed by atoms with Crippen LogP contribution in [0.1, 0.15) is 11.6 Å². The Morgan fingerprint density at radius 1 is 1.21 bits per heavy atom. The summed E-state index contributed by atoms with van der Waals surface area (Å²) in [6.07, 6.45) is 1.44. The Morgan fingerprint density at radius 2 is 1.83 bits per heavy atom. The number of urea groups is 1. The van der Waals surface area contributed by atoms with Crippen molar-refractivity contribution in [3.05, 3.63) is 59.8 Å². The second-order valence-corrected chi connectivity index (χ2v) is 4.94. The van der Waals surface area contributed by atoms with Crippen molar-refractivity contribution in [3.63, 3.8) is 0 Å². The van der Waals surface area contributed by atoms with E-state index in [9.17, 15) is 14.4 Å². The van der Waals surface area contributed by atoms with Crippen molar-refractivity contribution < 1.29 is 23.9 Å². The number of benzene rings is 1. The van der Waals surface area contributed by atoms with E-state index >= 15 is 0 Å². The summed E-state index contributed by atoms with van der Waals surface area (Å²) >= 11 is 0. The third-order valence-electron chi connectivity index (χ3n) is 3.56. The van der Waals surface area contributed by atoms with Crippen molar-refractivity contribution in [1.82, 2.24) is 10.2 Å². The number of methoxy groups -OCH3 is 2. The minimum atomic E-state index is -0.818. The van der Waals surface area contributed by atoms with Gasteiger partial charge in [0, 0.05) is 6.54 Å². The highest BCUT2D eigenvalue weighted by atomic mass is 16.5. The van der Waals surface area contributed by atoms with Crippen molar-refractivity contribution in [3.8, 4) is 0 Å². The van der Waals surface area contributed by atoms with Gasteiger partial charge in [-0.2, -0.15) is 0 Å². The molecule has 7 nitrogen and oxygen atoms in total. The lowest BCUT2D eigenvalue weighted by molar-refractivity contribution is -0.141. The molecule has 0 saturated carbocycles. The maximum atomic E-state index is 12.4. The molecule has 0 aromatic heterocycles. The number of rotatable bonds is 5. The Hall–Kier alpha value is -3.09. The topological polar surface area (TPSA) is 84.9 Å². The zero-order valence-corrected chi connectivity index (χ0v) is 13.4. The molecule has 2 rings (SSSR count). The molecule has 126 valence electrons. The first-order valence-corrected chi connectivity index (χ1v) is 7.19. The summed E-state index contributed by atoms with van der Waals surface area (Å²) in [5.74, 6) is -1.52. The lowest BCUT2D eigenvalue weighted by Crippen LogP contribution is -2.50. The van der Waals surface area contributed by atoms with Crippen LogP contribution in [-0.2, 0) is 19.1 Å². The van der Waals surface area contributed by atoms with Crippen LogP contribution in [0.5, 0.6) is 0 Å². The van der Waals surface area contributed by atoms with Gasteiger partial charge in [-0.05, 0) is 5.56 Å². The zero-order valence-electron chi connectivity index (χ0n) is 13.4. The second-order valence-electron chi connectivity index (χ2n) is 4.94. The molecule has 2 amide bonds. The molecule has 1 atom stereocenters. The third-order valence-corrected chi connectivity index (χ3v) is 3.56. The van der Waals surface area contributed by atoms with Crippen molar-refractivity contribution in [2.24, 2.45) is 0 Å². The summed E-state index contributed by atoms with van der Waals surface area (Å²) < 4.78 is 9.58. The van der Waals surface area contributed by atoms with Crippen LogP contribution in [0.4, 0.5) is 4.79 Å². The van der Waals surface area contributed by atoms with E-state index in [-0.39, 0.29) is 17.8 Å². The number of hydrogen-bond acceptors (Lipinski definition) is 5. The predicted molar refractivity (Wildman–Crippen MR) is 85.7 cm³/mol. The van der Waals surface area contributed by atoms with E-state index in [4.69, 9.17) is 9.47 Å². The molecule has 0 radical (unpaired) electrons. The number of carbonyl (C=O) groups excluding carboxylic acids is 3. The van der Waals surface area contributed by atoms with Gasteiger partial charge in [-0.3, -0.25) is 4.90 Å². The monoisotopic (exact) mass is 330 g/mol. The molecule has 0 aliphatic carbocycles. The number of nitrogens with one attached hydrogen (secondary N) is 1. The Bertz CT molecular complexity index is 696. The van der Waals surface area contributed by atoms with E-state index in [1.54, 1.807) is 30.3 Å². The van der Waals surface area contributed by atoms with E-state index in [2.05, 4.69) is 11.9 Å². The lowest BCUT2D eigenvalue weighted by atomic mass is 9.94. The van der Waals surface area contributed by atoms with Crippen LogP contribution in [0.3, 0.4) is 0 Å². The molecular formula is C17H18N2O5. The number of carbonyl (C=O) groups is 3. The average molecular weight is 330 g/mol. The summed E-state index contributed by atoms with van der Waals surface area (Å²) in [5, 5.41) is 2.71. The standard InChI is InChI=1S/C17H18N2O5/c1-4-10-19-14(16(21)24-3)12(15(20)23-2)13(18-17(19)22)11-8-6-5-7-9-11/h4-9,13H,1,10H2,2-3H3,(H,18,22).